The van der Waals surface area contributed by atoms with Crippen LogP contribution in [-0.2, 0) is 0 Å². The van der Waals surface area contributed by atoms with Gasteiger partial charge in [0.05, 0.1) is 0 Å². The van der Waals surface area contributed by atoms with Gasteiger partial charge in [-0.25, -0.2) is 0 Å². The van der Waals surface area contributed by atoms with Crippen molar-refractivity contribution in [3.8, 4) is 0 Å². The van der Waals surface area contributed by atoms with Crippen molar-refractivity contribution in [3.05, 3.63) is 0 Å². The van der Waals surface area contributed by atoms with Crippen molar-refractivity contribution in [1.82, 2.24) is 4.90 Å². The first kappa shape index (κ1) is 15.6. The molecule has 1 heterocycles. The largest absolute Gasteiger partial charge is 1.00 e. The summed E-state index contributed by atoms with van der Waals surface area (Å²) in [7, 11) is 0. The normalized spacial score (nSPS) is 23.4. The van der Waals surface area contributed by atoms with E-state index in [2.05, 4.69) is 4.90 Å². The average molecular weight is 223 g/mol. The van der Waals surface area contributed by atoms with Crippen LogP contribution in [0.4, 0.5) is 0 Å². The fourth-order valence-electron chi connectivity index (χ4n) is 1.94. The molecule has 78 valence electrons. The Labute approximate surface area is 131 Å². The van der Waals surface area contributed by atoms with Gasteiger partial charge in [-0.2, -0.15) is 0 Å². The molecule has 2 fully saturated rings. The molecular weight excluding hydrogens is 201 g/mol. The fraction of sp³-hybridized carbons (Fsp3) is 1.00. The van der Waals surface area contributed by atoms with Crippen molar-refractivity contribution in [1.29, 1.82) is 0 Å². The second-order valence-corrected chi connectivity index (χ2v) is 4.13. The van der Waals surface area contributed by atoms with E-state index in [-0.39, 0.29) is 63.4 Å². The average Bonchev–Trinajstić information content (AvgIpc) is 2.77. The third kappa shape index (κ3) is 4.60. The van der Waals surface area contributed by atoms with Crippen LogP contribution in [0.2, 0.25) is 0 Å². The summed E-state index contributed by atoms with van der Waals surface area (Å²) in [5.41, 5.74) is 0.227. The molecule has 0 spiro atoms. The molecule has 14 heavy (non-hydrogen) atoms. The molecule has 0 aromatic rings. The smallest absolute Gasteiger partial charge is 0.854 e. The first-order valence-electron chi connectivity index (χ1n) is 5.65. The first-order valence-corrected chi connectivity index (χ1v) is 5.65. The molecule has 0 bridgehead atoms. The second kappa shape index (κ2) is 7.77. The monoisotopic (exact) mass is 223 g/mol. The maximum atomic E-state index is 10.8. The summed E-state index contributed by atoms with van der Waals surface area (Å²) in [6, 6.07) is 0. The quantitative estimate of drug-likeness (QED) is 0.531. The Morgan fingerprint density at radius 1 is 1.14 bits per heavy atom. The Hall–Kier alpha value is 1.56. The van der Waals surface area contributed by atoms with Gasteiger partial charge in [-0.1, -0.05) is 13.8 Å². The van der Waals surface area contributed by atoms with E-state index < -0.39 is 0 Å². The molecule has 0 aromatic heterocycles. The van der Waals surface area contributed by atoms with Gasteiger partial charge in [-0.05, 0) is 44.2 Å². The van der Waals surface area contributed by atoms with Gasteiger partial charge in [-0.15, -0.1) is 6.61 Å². The number of hydrogen-bond acceptors (Lipinski definition) is 2. The van der Waals surface area contributed by atoms with E-state index in [1.165, 1.54) is 38.8 Å². The van der Waals surface area contributed by atoms with E-state index in [1.807, 2.05) is 13.8 Å². The zero-order valence-electron chi connectivity index (χ0n) is 10.0. The fourth-order valence-corrected chi connectivity index (χ4v) is 1.94. The molecule has 0 amide bonds. The van der Waals surface area contributed by atoms with Gasteiger partial charge < -0.3 is 10.0 Å². The summed E-state index contributed by atoms with van der Waals surface area (Å²) >= 11 is 0. The van der Waals surface area contributed by atoms with Crippen LogP contribution >= 0.6 is 0 Å². The molecule has 2 aliphatic rings. The predicted octanol–water partition coefficient (Wildman–Crippen LogP) is -1.75. The van der Waals surface area contributed by atoms with Gasteiger partial charge in [0, 0.05) is 6.54 Å². The molecule has 3 heteroatoms. The van der Waals surface area contributed by atoms with Gasteiger partial charge in [0.1, 0.15) is 0 Å². The SMILES string of the molecule is CC.[K+].[O-]CC1(CN2CCCC2)CC1. The van der Waals surface area contributed by atoms with Gasteiger partial charge in [0.15, 0.2) is 0 Å². The van der Waals surface area contributed by atoms with Crippen LogP contribution in [0.3, 0.4) is 0 Å². The Balaban J connectivity index is 0.000000531. The summed E-state index contributed by atoms with van der Waals surface area (Å²) in [5.74, 6) is 0. The molecule has 0 atom stereocenters. The van der Waals surface area contributed by atoms with E-state index in [0.29, 0.717) is 0 Å². The van der Waals surface area contributed by atoms with Crippen LogP contribution in [0, 0.1) is 5.41 Å². The second-order valence-electron chi connectivity index (χ2n) is 4.13. The third-order valence-electron chi connectivity index (χ3n) is 3.02. The zero-order chi connectivity index (χ0) is 9.73. The van der Waals surface area contributed by atoms with Gasteiger partial charge >= 0.3 is 51.4 Å². The van der Waals surface area contributed by atoms with E-state index in [1.54, 1.807) is 0 Å². The van der Waals surface area contributed by atoms with E-state index >= 15 is 0 Å². The molecule has 1 saturated carbocycles. The standard InChI is InChI=1S/C9H16NO.C2H6.K/c11-8-9(3-4-9)7-10-5-1-2-6-10;1-2;/h1-8H2;1-2H3;/q-1;;+1. The summed E-state index contributed by atoms with van der Waals surface area (Å²) in [4.78, 5) is 2.46. The number of hydrogen-bond donors (Lipinski definition) is 0. The van der Waals surface area contributed by atoms with Crippen LogP contribution < -0.4 is 56.5 Å². The van der Waals surface area contributed by atoms with Gasteiger partial charge in [0.2, 0.25) is 0 Å². The van der Waals surface area contributed by atoms with Crippen LogP contribution in [0.15, 0.2) is 0 Å². The maximum absolute atomic E-state index is 10.8. The minimum Gasteiger partial charge on any atom is -0.854 e. The van der Waals surface area contributed by atoms with Crippen LogP contribution in [-0.4, -0.2) is 31.1 Å². The van der Waals surface area contributed by atoms with Gasteiger partial charge in [-0.3, -0.25) is 0 Å². The van der Waals surface area contributed by atoms with E-state index in [9.17, 15) is 5.11 Å². The van der Waals surface area contributed by atoms with Crippen molar-refractivity contribution in [2.75, 3.05) is 26.2 Å². The molecule has 0 unspecified atom stereocenters. The Morgan fingerprint density at radius 3 is 2.00 bits per heavy atom. The van der Waals surface area contributed by atoms with Crippen molar-refractivity contribution < 1.29 is 56.5 Å². The molecule has 0 aromatic carbocycles. The van der Waals surface area contributed by atoms with E-state index in [0.717, 1.165) is 6.54 Å². The van der Waals surface area contributed by atoms with Crippen molar-refractivity contribution in [2.24, 2.45) is 5.41 Å². The van der Waals surface area contributed by atoms with Crippen molar-refractivity contribution in [2.45, 2.75) is 39.5 Å². The van der Waals surface area contributed by atoms with E-state index in [4.69, 9.17) is 0 Å². The van der Waals surface area contributed by atoms with Gasteiger partial charge in [0.25, 0.3) is 0 Å². The molecule has 2 rings (SSSR count). The molecule has 1 saturated heterocycles. The van der Waals surface area contributed by atoms with Crippen molar-refractivity contribution in [3.63, 3.8) is 0 Å². The molecule has 2 nitrogen and oxygen atoms in total. The maximum Gasteiger partial charge on any atom is 1.00 e. The Kier molecular flexibility index (Phi) is 8.63. The predicted molar refractivity (Wildman–Crippen MR) is 53.6 cm³/mol. The molecule has 1 aliphatic heterocycles. The molecule has 1 aliphatic carbocycles. The Morgan fingerprint density at radius 2 is 1.64 bits per heavy atom. The number of rotatable bonds is 3. The zero-order valence-corrected chi connectivity index (χ0v) is 13.1. The summed E-state index contributed by atoms with van der Waals surface area (Å²) in [6.45, 7) is 7.73. The van der Waals surface area contributed by atoms with Crippen molar-refractivity contribution >= 4 is 0 Å². The minimum absolute atomic E-state index is 0. The summed E-state index contributed by atoms with van der Waals surface area (Å²) in [5, 5.41) is 10.8. The summed E-state index contributed by atoms with van der Waals surface area (Å²) in [6.07, 6.45) is 5.06. The molecule has 0 N–H and O–H groups in total. The van der Waals surface area contributed by atoms with Crippen LogP contribution in [0.1, 0.15) is 39.5 Å². The topological polar surface area (TPSA) is 26.3 Å². The summed E-state index contributed by atoms with van der Waals surface area (Å²) < 4.78 is 0. The molecule has 0 radical (unpaired) electrons. The minimum atomic E-state index is 0. The third-order valence-corrected chi connectivity index (χ3v) is 3.02. The molecular formula is C11H22KNO. The Bertz CT molecular complexity index is 142. The first-order chi connectivity index (χ1) is 6.35. The number of likely N-dealkylation sites (tertiary alicyclic amines) is 1. The van der Waals surface area contributed by atoms with Crippen LogP contribution in [0.25, 0.3) is 0 Å². The van der Waals surface area contributed by atoms with Crippen LogP contribution in [0.5, 0.6) is 0 Å². The number of nitrogens with zero attached hydrogens (tertiary/aromatic N) is 1.